The third kappa shape index (κ3) is 4.94. The molecule has 0 bridgehead atoms. The van der Waals surface area contributed by atoms with Gasteiger partial charge in [0.15, 0.2) is 0 Å². The molecule has 0 fully saturated rings. The quantitative estimate of drug-likeness (QED) is 0.167. The van der Waals surface area contributed by atoms with Crippen LogP contribution < -0.4 is 26.6 Å². The maximum absolute atomic E-state index is 7.11. The lowest BCUT2D eigenvalue weighted by atomic mass is 9.37. The molecule has 0 unspecified atom stereocenters. The van der Waals surface area contributed by atoms with Crippen molar-refractivity contribution in [3.63, 3.8) is 0 Å². The number of nitrogens with zero attached hydrogens (tertiary/aromatic N) is 3. The number of para-hydroxylation sites is 4. The number of hydrogen-bond acceptors (Lipinski definition) is 4. The summed E-state index contributed by atoms with van der Waals surface area (Å²) in [4.78, 5) is 4.91. The first-order chi connectivity index (χ1) is 29.0. The summed E-state index contributed by atoms with van der Waals surface area (Å²) in [5, 5.41) is 4.60. The van der Waals surface area contributed by atoms with Crippen LogP contribution in [0.15, 0.2) is 167 Å². The lowest BCUT2D eigenvalue weighted by Crippen LogP contribution is -2.60. The molecule has 5 nitrogen and oxygen atoms in total. The van der Waals surface area contributed by atoms with Gasteiger partial charge in [-0.1, -0.05) is 126 Å². The van der Waals surface area contributed by atoms with Gasteiger partial charge in [-0.3, -0.25) is 0 Å². The van der Waals surface area contributed by atoms with Crippen LogP contribution in [-0.2, 0) is 10.8 Å². The average molecular weight is 778 g/mol. The second kappa shape index (κ2) is 12.3. The number of anilines is 6. The normalized spacial score (nSPS) is 13.7. The molecule has 0 saturated heterocycles. The lowest BCUT2D eigenvalue weighted by molar-refractivity contribution is 0.590. The number of aromatic nitrogens is 1. The molecular weight excluding hydrogens is 733 g/mol. The Morgan fingerprint density at radius 2 is 0.800 bits per heavy atom. The van der Waals surface area contributed by atoms with Crippen molar-refractivity contribution < 1.29 is 8.83 Å². The molecule has 0 saturated carbocycles. The molecule has 290 valence electrons. The van der Waals surface area contributed by atoms with Gasteiger partial charge < -0.3 is 23.2 Å². The van der Waals surface area contributed by atoms with Crippen LogP contribution in [0.4, 0.5) is 34.1 Å². The molecule has 7 aromatic carbocycles. The van der Waals surface area contributed by atoms with Crippen molar-refractivity contribution in [2.24, 2.45) is 0 Å². The highest BCUT2D eigenvalue weighted by Gasteiger charge is 2.50. The van der Waals surface area contributed by atoms with E-state index in [0.29, 0.717) is 0 Å². The van der Waals surface area contributed by atoms with Gasteiger partial charge >= 0.3 is 6.71 Å². The molecule has 0 radical (unpaired) electrons. The minimum Gasteiger partial charge on any atom is -0.468 e. The summed E-state index contributed by atoms with van der Waals surface area (Å²) in [6.07, 6.45) is 0. The summed E-state index contributed by atoms with van der Waals surface area (Å²) in [5.74, 6) is 0. The van der Waals surface area contributed by atoms with E-state index in [-0.39, 0.29) is 17.5 Å². The minimum absolute atomic E-state index is 0.00930. The van der Waals surface area contributed by atoms with Gasteiger partial charge in [0.05, 0.1) is 28.1 Å². The zero-order valence-corrected chi connectivity index (χ0v) is 34.7. The van der Waals surface area contributed by atoms with Crippen LogP contribution in [0.3, 0.4) is 0 Å². The van der Waals surface area contributed by atoms with Crippen molar-refractivity contribution in [1.29, 1.82) is 0 Å². The fraction of sp³-hybridized carbons (Fsp3) is 0.148. The Morgan fingerprint density at radius 1 is 0.417 bits per heavy atom. The topological polar surface area (TPSA) is 37.7 Å². The highest BCUT2D eigenvalue weighted by Crippen LogP contribution is 2.50. The Labute approximate surface area is 350 Å². The number of furan rings is 2. The van der Waals surface area contributed by atoms with Crippen molar-refractivity contribution in [3.05, 3.63) is 169 Å². The van der Waals surface area contributed by atoms with Gasteiger partial charge in [-0.05, 0) is 100 Å². The zero-order chi connectivity index (χ0) is 40.7. The van der Waals surface area contributed by atoms with Crippen LogP contribution in [-0.4, -0.2) is 11.3 Å². The van der Waals surface area contributed by atoms with Gasteiger partial charge in [-0.15, -0.1) is 0 Å². The molecule has 0 aliphatic carbocycles. The zero-order valence-electron chi connectivity index (χ0n) is 34.7. The van der Waals surface area contributed by atoms with Crippen molar-refractivity contribution in [2.75, 3.05) is 9.80 Å². The summed E-state index contributed by atoms with van der Waals surface area (Å²) in [5.41, 5.74) is 17.1. The van der Waals surface area contributed by atoms with E-state index in [0.717, 1.165) is 78.5 Å². The fourth-order valence-corrected chi connectivity index (χ4v) is 9.94. The van der Waals surface area contributed by atoms with Gasteiger partial charge in [0, 0.05) is 44.3 Å². The van der Waals surface area contributed by atoms with Gasteiger partial charge in [0.25, 0.3) is 0 Å². The van der Waals surface area contributed by atoms with E-state index in [9.17, 15) is 0 Å². The van der Waals surface area contributed by atoms with Crippen LogP contribution in [0.2, 0.25) is 0 Å². The van der Waals surface area contributed by atoms with E-state index in [1.54, 1.807) is 0 Å². The predicted octanol–water partition coefficient (Wildman–Crippen LogP) is 13.0. The highest BCUT2D eigenvalue weighted by atomic mass is 16.3. The molecule has 0 amide bonds. The van der Waals surface area contributed by atoms with Crippen LogP contribution in [0.1, 0.15) is 52.7 Å². The number of rotatable bonds is 3. The second-order valence-corrected chi connectivity index (χ2v) is 18.6. The molecule has 0 N–H and O–H groups in total. The number of hydrogen-bond donors (Lipinski definition) is 0. The van der Waals surface area contributed by atoms with E-state index in [1.165, 1.54) is 32.9 Å². The van der Waals surface area contributed by atoms with E-state index in [1.807, 2.05) is 0 Å². The van der Waals surface area contributed by atoms with Crippen molar-refractivity contribution in [1.82, 2.24) is 4.57 Å². The van der Waals surface area contributed by atoms with Gasteiger partial charge in [0.1, 0.15) is 22.5 Å². The van der Waals surface area contributed by atoms with Crippen LogP contribution in [0.5, 0.6) is 0 Å². The first-order valence-corrected chi connectivity index (χ1v) is 21.1. The largest absolute Gasteiger partial charge is 0.468 e. The molecule has 6 heteroatoms. The second-order valence-electron chi connectivity index (χ2n) is 18.6. The van der Waals surface area contributed by atoms with Gasteiger partial charge in [0.2, 0.25) is 0 Å². The molecule has 0 spiro atoms. The van der Waals surface area contributed by atoms with E-state index in [4.69, 9.17) is 8.83 Å². The predicted molar refractivity (Wildman–Crippen MR) is 252 cm³/mol. The maximum Gasteiger partial charge on any atom is 0.342 e. The van der Waals surface area contributed by atoms with Crippen LogP contribution in [0, 0.1) is 0 Å². The first kappa shape index (κ1) is 35.1. The Bertz CT molecular complexity index is 3140. The molecule has 5 heterocycles. The summed E-state index contributed by atoms with van der Waals surface area (Å²) in [6, 6.07) is 57.6. The molecule has 3 aromatic heterocycles. The summed E-state index contributed by atoms with van der Waals surface area (Å²) in [7, 11) is 0. The lowest BCUT2D eigenvalue weighted by Gasteiger charge is -2.41. The molecule has 10 aromatic rings. The highest BCUT2D eigenvalue weighted by molar-refractivity contribution is 6.99. The molecular formula is C54H44BN3O2. The third-order valence-corrected chi connectivity index (χ3v) is 12.9. The summed E-state index contributed by atoms with van der Waals surface area (Å²) < 4.78 is 16.7. The van der Waals surface area contributed by atoms with Gasteiger partial charge in [-0.25, -0.2) is 0 Å². The maximum atomic E-state index is 7.11. The number of fused-ring (bicyclic) bond motifs is 11. The minimum atomic E-state index is -0.304. The van der Waals surface area contributed by atoms with Gasteiger partial charge in [-0.2, -0.15) is 0 Å². The molecule has 2 aliphatic rings. The van der Waals surface area contributed by atoms with E-state index in [2.05, 4.69) is 214 Å². The van der Waals surface area contributed by atoms with Crippen molar-refractivity contribution >= 4 is 101 Å². The molecule has 0 atom stereocenters. The SMILES string of the molecule is CC(C)(C)c1ccc(N2c3cc(-n4c5ccccc5c5ccccc54)cc4c3B(c3oc5ccccc5c32)c2oc3ccccc3c2N4c2ccc(C(C)(C)C)cc2)cc1. The molecule has 60 heavy (non-hydrogen) atoms. The summed E-state index contributed by atoms with van der Waals surface area (Å²) in [6.45, 7) is 13.3. The Morgan fingerprint density at radius 3 is 1.22 bits per heavy atom. The standard InChI is InChI=1S/C54H44BN3O2/c1-53(2,3)33-23-27-35(28-24-33)57-44-31-37(56-42-19-11-7-15-38(42)39-16-8-12-20-43(39)56)32-45-48(44)55(51-49(57)40-17-9-13-21-46(40)59-51)52-50(41-18-10-14-22-47(41)60-52)58(45)36-29-25-34(26-30-36)54(4,5)6/h7-32H,1-6H3. The molecule has 2 aliphatic heterocycles. The number of benzene rings is 7. The Balaban J connectivity index is 1.24. The smallest absolute Gasteiger partial charge is 0.342 e. The Hall–Kier alpha value is -6.92. The first-order valence-electron chi connectivity index (χ1n) is 21.1. The average Bonchev–Trinajstić information content (AvgIpc) is 3.93. The van der Waals surface area contributed by atoms with E-state index < -0.39 is 0 Å². The molecule has 12 rings (SSSR count). The summed E-state index contributed by atoms with van der Waals surface area (Å²) >= 11 is 0. The van der Waals surface area contributed by atoms with Crippen LogP contribution in [0.25, 0.3) is 49.4 Å². The third-order valence-electron chi connectivity index (χ3n) is 12.9. The van der Waals surface area contributed by atoms with Crippen molar-refractivity contribution in [2.45, 2.75) is 52.4 Å². The monoisotopic (exact) mass is 777 g/mol. The Kier molecular flexibility index (Phi) is 7.19. The fourth-order valence-electron chi connectivity index (χ4n) is 9.94. The van der Waals surface area contributed by atoms with Crippen LogP contribution >= 0.6 is 0 Å². The van der Waals surface area contributed by atoms with E-state index >= 15 is 0 Å². The van der Waals surface area contributed by atoms with Crippen molar-refractivity contribution in [3.8, 4) is 5.69 Å².